The van der Waals surface area contributed by atoms with E-state index in [1.165, 1.54) is 5.56 Å². The van der Waals surface area contributed by atoms with E-state index in [0.29, 0.717) is 17.1 Å². The molecule has 4 nitrogen and oxygen atoms in total. The number of nitrogens with one attached hydrogen (secondary N) is 1. The van der Waals surface area contributed by atoms with Crippen molar-refractivity contribution in [2.75, 3.05) is 39.6 Å². The summed E-state index contributed by atoms with van der Waals surface area (Å²) in [4.78, 5) is 16.4. The van der Waals surface area contributed by atoms with Gasteiger partial charge in [0.1, 0.15) is 0 Å². The molecule has 5 heteroatoms. The van der Waals surface area contributed by atoms with Crippen LogP contribution in [0, 0.1) is 0 Å². The Morgan fingerprint density at radius 3 is 2.08 bits per heavy atom. The summed E-state index contributed by atoms with van der Waals surface area (Å²) in [6, 6.07) is 15.4. The van der Waals surface area contributed by atoms with E-state index in [9.17, 15) is 4.79 Å². The van der Waals surface area contributed by atoms with Crippen molar-refractivity contribution in [1.82, 2.24) is 10.2 Å². The molecule has 0 spiro atoms. The monoisotopic (exact) mass is 345 g/mol. The van der Waals surface area contributed by atoms with Gasteiger partial charge in [0.15, 0.2) is 0 Å². The Morgan fingerprint density at radius 2 is 1.58 bits per heavy atom. The van der Waals surface area contributed by atoms with Gasteiger partial charge >= 0.3 is 0 Å². The van der Waals surface area contributed by atoms with Gasteiger partial charge in [-0.05, 0) is 56.1 Å². The number of rotatable bonds is 6. The standard InChI is InChI=1S/C19H24ClN3O/c1-22(2)17-11-7-14(8-12-17)18(23(3)4)13-21-19(24)15-5-9-16(20)10-6-15/h5-12,18H,13H2,1-4H3,(H,21,24)/t18-/m0/s1. The quantitative estimate of drug-likeness (QED) is 0.871. The molecule has 0 aliphatic rings. The van der Waals surface area contributed by atoms with Gasteiger partial charge in [-0.3, -0.25) is 4.79 Å². The molecule has 0 aliphatic heterocycles. The second-order valence-corrected chi connectivity index (χ2v) is 6.62. The predicted molar refractivity (Wildman–Crippen MR) is 101 cm³/mol. The van der Waals surface area contributed by atoms with Crippen LogP contribution in [0.1, 0.15) is 22.0 Å². The Balaban J connectivity index is 2.05. The fraction of sp³-hybridized carbons (Fsp3) is 0.316. The topological polar surface area (TPSA) is 35.6 Å². The maximum atomic E-state index is 12.3. The van der Waals surface area contributed by atoms with Gasteiger partial charge in [-0.15, -0.1) is 0 Å². The van der Waals surface area contributed by atoms with Gasteiger partial charge < -0.3 is 15.1 Å². The lowest BCUT2D eigenvalue weighted by molar-refractivity contribution is 0.0942. The van der Waals surface area contributed by atoms with Gasteiger partial charge in [0.2, 0.25) is 0 Å². The Labute approximate surface area is 149 Å². The number of nitrogens with zero attached hydrogens (tertiary/aromatic N) is 2. The van der Waals surface area contributed by atoms with E-state index in [2.05, 4.69) is 39.4 Å². The Bertz CT molecular complexity index is 666. The van der Waals surface area contributed by atoms with Crippen LogP contribution in [-0.4, -0.2) is 45.5 Å². The van der Waals surface area contributed by atoms with Crippen molar-refractivity contribution < 1.29 is 4.79 Å². The summed E-state index contributed by atoms with van der Waals surface area (Å²) in [5.74, 6) is -0.0940. The highest BCUT2D eigenvalue weighted by Gasteiger charge is 2.16. The number of likely N-dealkylation sites (N-methyl/N-ethyl adjacent to an activating group) is 1. The van der Waals surface area contributed by atoms with Gasteiger partial charge in [0.25, 0.3) is 5.91 Å². The van der Waals surface area contributed by atoms with Crippen molar-refractivity contribution in [1.29, 1.82) is 0 Å². The first-order valence-electron chi connectivity index (χ1n) is 7.86. The first kappa shape index (κ1) is 18.3. The van der Waals surface area contributed by atoms with Crippen molar-refractivity contribution in [3.8, 4) is 0 Å². The molecule has 128 valence electrons. The van der Waals surface area contributed by atoms with Crippen LogP contribution in [0.15, 0.2) is 48.5 Å². The molecule has 2 rings (SSSR count). The van der Waals surface area contributed by atoms with Crippen LogP contribution >= 0.6 is 11.6 Å². The van der Waals surface area contributed by atoms with E-state index < -0.39 is 0 Å². The molecule has 0 unspecified atom stereocenters. The third-order valence-electron chi connectivity index (χ3n) is 3.98. The third-order valence-corrected chi connectivity index (χ3v) is 4.23. The molecule has 2 aromatic rings. The van der Waals surface area contributed by atoms with Crippen LogP contribution in [0.2, 0.25) is 5.02 Å². The van der Waals surface area contributed by atoms with Gasteiger partial charge in [-0.2, -0.15) is 0 Å². The smallest absolute Gasteiger partial charge is 0.251 e. The lowest BCUT2D eigenvalue weighted by atomic mass is 10.0. The summed E-state index contributed by atoms with van der Waals surface area (Å²) in [5, 5.41) is 3.63. The summed E-state index contributed by atoms with van der Waals surface area (Å²) in [6.45, 7) is 0.537. The SMILES string of the molecule is CN(C)c1ccc([C@H](CNC(=O)c2ccc(Cl)cc2)N(C)C)cc1. The minimum atomic E-state index is -0.0940. The molecular formula is C19H24ClN3O. The molecule has 2 aromatic carbocycles. The van der Waals surface area contributed by atoms with Crippen molar-refractivity contribution in [3.05, 3.63) is 64.7 Å². The first-order chi connectivity index (χ1) is 11.4. The minimum Gasteiger partial charge on any atom is -0.378 e. The summed E-state index contributed by atoms with van der Waals surface area (Å²) in [7, 11) is 8.06. The Kier molecular flexibility index (Phi) is 6.23. The molecule has 0 saturated heterocycles. The fourth-order valence-corrected chi connectivity index (χ4v) is 2.61. The van der Waals surface area contributed by atoms with Crippen LogP contribution in [0.4, 0.5) is 5.69 Å². The second-order valence-electron chi connectivity index (χ2n) is 6.18. The first-order valence-corrected chi connectivity index (χ1v) is 8.23. The fourth-order valence-electron chi connectivity index (χ4n) is 2.49. The summed E-state index contributed by atoms with van der Waals surface area (Å²) in [6.07, 6.45) is 0. The predicted octanol–water partition coefficient (Wildman–Crippen LogP) is 3.44. The average molecular weight is 346 g/mol. The molecule has 0 heterocycles. The molecule has 1 N–H and O–H groups in total. The largest absolute Gasteiger partial charge is 0.378 e. The van der Waals surface area contributed by atoms with E-state index in [1.807, 2.05) is 28.2 Å². The Hall–Kier alpha value is -2.04. The lowest BCUT2D eigenvalue weighted by Gasteiger charge is -2.25. The van der Waals surface area contributed by atoms with E-state index in [0.717, 1.165) is 5.69 Å². The zero-order valence-corrected chi connectivity index (χ0v) is 15.3. The summed E-state index contributed by atoms with van der Waals surface area (Å²) in [5.41, 5.74) is 2.93. The molecule has 0 saturated carbocycles. The van der Waals surface area contributed by atoms with Gasteiger partial charge in [0, 0.05) is 36.9 Å². The molecule has 1 amide bonds. The van der Waals surface area contributed by atoms with Crippen molar-refractivity contribution in [3.63, 3.8) is 0 Å². The number of halogens is 1. The lowest BCUT2D eigenvalue weighted by Crippen LogP contribution is -2.34. The second kappa shape index (κ2) is 8.18. The highest BCUT2D eigenvalue weighted by atomic mass is 35.5. The molecule has 0 aliphatic carbocycles. The van der Waals surface area contributed by atoms with Crippen LogP contribution in [-0.2, 0) is 0 Å². The highest BCUT2D eigenvalue weighted by molar-refractivity contribution is 6.30. The molecule has 0 aromatic heterocycles. The molecule has 0 radical (unpaired) electrons. The number of amides is 1. The van der Waals surface area contributed by atoms with E-state index in [-0.39, 0.29) is 11.9 Å². The van der Waals surface area contributed by atoms with Crippen molar-refractivity contribution in [2.24, 2.45) is 0 Å². The normalized spacial score (nSPS) is 12.1. The van der Waals surface area contributed by atoms with E-state index in [4.69, 9.17) is 11.6 Å². The number of hydrogen-bond acceptors (Lipinski definition) is 3. The van der Waals surface area contributed by atoms with Gasteiger partial charge in [-0.25, -0.2) is 0 Å². The maximum absolute atomic E-state index is 12.3. The van der Waals surface area contributed by atoms with Crippen LogP contribution in [0.5, 0.6) is 0 Å². The zero-order chi connectivity index (χ0) is 17.7. The average Bonchev–Trinajstić information content (AvgIpc) is 2.55. The van der Waals surface area contributed by atoms with Crippen LogP contribution in [0.25, 0.3) is 0 Å². The van der Waals surface area contributed by atoms with Gasteiger partial charge in [0.05, 0.1) is 6.04 Å². The highest BCUT2D eigenvalue weighted by Crippen LogP contribution is 2.21. The van der Waals surface area contributed by atoms with Crippen LogP contribution in [0.3, 0.4) is 0 Å². The van der Waals surface area contributed by atoms with Crippen molar-refractivity contribution >= 4 is 23.2 Å². The van der Waals surface area contributed by atoms with E-state index in [1.54, 1.807) is 24.3 Å². The minimum absolute atomic E-state index is 0.0940. The number of benzene rings is 2. The zero-order valence-electron chi connectivity index (χ0n) is 14.6. The van der Waals surface area contributed by atoms with Crippen LogP contribution < -0.4 is 10.2 Å². The Morgan fingerprint density at radius 1 is 1.00 bits per heavy atom. The molecule has 0 bridgehead atoms. The number of hydrogen-bond donors (Lipinski definition) is 1. The molecule has 0 fully saturated rings. The number of carbonyl (C=O) groups excluding carboxylic acids is 1. The van der Waals surface area contributed by atoms with E-state index >= 15 is 0 Å². The number of anilines is 1. The molecule has 1 atom stereocenters. The third kappa shape index (κ3) is 4.73. The molecule has 24 heavy (non-hydrogen) atoms. The summed E-state index contributed by atoms with van der Waals surface area (Å²) >= 11 is 5.86. The molecular weight excluding hydrogens is 322 g/mol. The van der Waals surface area contributed by atoms with Gasteiger partial charge in [-0.1, -0.05) is 23.7 Å². The van der Waals surface area contributed by atoms with Crippen molar-refractivity contribution in [2.45, 2.75) is 6.04 Å². The maximum Gasteiger partial charge on any atom is 0.251 e. The number of carbonyl (C=O) groups is 1. The summed E-state index contributed by atoms with van der Waals surface area (Å²) < 4.78 is 0.